The number of rotatable bonds is 4. The van der Waals surface area contributed by atoms with E-state index in [9.17, 15) is 14.9 Å². The van der Waals surface area contributed by atoms with Crippen LogP contribution >= 0.6 is 11.6 Å². The SMILES string of the molecule is Nc1nonc1C(=O)N/N=C/c1cc([N+](=O)[O-])ccc1Cl. The van der Waals surface area contributed by atoms with E-state index in [1.165, 1.54) is 18.2 Å². The average molecular weight is 311 g/mol. The first-order chi connectivity index (χ1) is 9.99. The van der Waals surface area contributed by atoms with Crippen LogP contribution in [0.25, 0.3) is 0 Å². The summed E-state index contributed by atoms with van der Waals surface area (Å²) < 4.78 is 4.26. The van der Waals surface area contributed by atoms with E-state index in [4.69, 9.17) is 17.3 Å². The van der Waals surface area contributed by atoms with Crippen LogP contribution in [-0.2, 0) is 0 Å². The zero-order valence-corrected chi connectivity index (χ0v) is 10.9. The number of nitrogen functional groups attached to an aromatic ring is 1. The molecule has 0 bridgehead atoms. The minimum absolute atomic E-state index is 0.155. The van der Waals surface area contributed by atoms with E-state index in [2.05, 4.69) is 25.5 Å². The molecule has 0 saturated heterocycles. The highest BCUT2D eigenvalue weighted by molar-refractivity contribution is 6.33. The lowest BCUT2D eigenvalue weighted by molar-refractivity contribution is -0.384. The average Bonchev–Trinajstić information content (AvgIpc) is 2.86. The summed E-state index contributed by atoms with van der Waals surface area (Å²) in [5.41, 5.74) is 7.32. The molecule has 1 amide bonds. The third kappa shape index (κ3) is 3.30. The molecule has 2 rings (SSSR count). The molecule has 0 atom stereocenters. The van der Waals surface area contributed by atoms with Crippen molar-refractivity contribution in [1.82, 2.24) is 15.7 Å². The number of benzene rings is 1. The Morgan fingerprint density at radius 1 is 1.52 bits per heavy atom. The molecule has 0 aliphatic heterocycles. The van der Waals surface area contributed by atoms with Crippen LogP contribution in [-0.4, -0.2) is 27.4 Å². The molecule has 0 unspecified atom stereocenters. The Morgan fingerprint density at radius 3 is 2.90 bits per heavy atom. The summed E-state index contributed by atoms with van der Waals surface area (Å²) in [7, 11) is 0. The van der Waals surface area contributed by atoms with Crippen LogP contribution in [0.3, 0.4) is 0 Å². The predicted molar refractivity (Wildman–Crippen MR) is 71.9 cm³/mol. The number of aromatic nitrogens is 2. The summed E-state index contributed by atoms with van der Waals surface area (Å²) in [6, 6.07) is 3.81. The van der Waals surface area contributed by atoms with Gasteiger partial charge in [0.1, 0.15) is 0 Å². The van der Waals surface area contributed by atoms with Gasteiger partial charge in [0.25, 0.3) is 11.6 Å². The van der Waals surface area contributed by atoms with E-state index in [0.29, 0.717) is 0 Å². The standard InChI is InChI=1S/C10H7ClN6O4/c11-7-2-1-6(17(19)20)3-5(7)4-13-14-10(18)8-9(12)16-21-15-8/h1-4H,(H2,12,16)(H,14,18)/b13-4+. The van der Waals surface area contributed by atoms with Gasteiger partial charge in [-0.3, -0.25) is 14.9 Å². The van der Waals surface area contributed by atoms with E-state index in [0.717, 1.165) is 6.21 Å². The highest BCUT2D eigenvalue weighted by Gasteiger charge is 2.15. The number of hydrogen-bond acceptors (Lipinski definition) is 8. The van der Waals surface area contributed by atoms with E-state index < -0.39 is 10.8 Å². The number of amides is 1. The number of carbonyl (C=O) groups is 1. The highest BCUT2D eigenvalue weighted by Crippen LogP contribution is 2.20. The fraction of sp³-hybridized carbons (Fsp3) is 0. The number of hydrazone groups is 1. The molecular formula is C10H7ClN6O4. The molecule has 0 fully saturated rings. The first-order valence-electron chi connectivity index (χ1n) is 5.34. The number of nitro benzene ring substituents is 1. The van der Waals surface area contributed by atoms with Crippen LogP contribution in [0.2, 0.25) is 5.02 Å². The molecule has 0 radical (unpaired) electrons. The van der Waals surface area contributed by atoms with Gasteiger partial charge >= 0.3 is 0 Å². The summed E-state index contributed by atoms with van der Waals surface area (Å²) in [5.74, 6) is -0.928. The Bertz CT molecular complexity index is 728. The Kier molecular flexibility index (Phi) is 4.09. The Morgan fingerprint density at radius 2 is 2.29 bits per heavy atom. The van der Waals surface area contributed by atoms with Gasteiger partial charge in [-0.15, -0.1) is 0 Å². The molecule has 1 aromatic heterocycles. The molecule has 0 spiro atoms. The smallest absolute Gasteiger partial charge is 0.297 e. The maximum absolute atomic E-state index is 11.6. The van der Waals surface area contributed by atoms with Gasteiger partial charge in [-0.2, -0.15) is 5.10 Å². The van der Waals surface area contributed by atoms with Crippen molar-refractivity contribution in [2.24, 2.45) is 5.10 Å². The van der Waals surface area contributed by atoms with Gasteiger partial charge in [-0.25, -0.2) is 10.1 Å². The fourth-order valence-corrected chi connectivity index (χ4v) is 1.48. The summed E-state index contributed by atoms with van der Waals surface area (Å²) in [4.78, 5) is 21.6. The topological polar surface area (TPSA) is 150 Å². The molecule has 0 aliphatic rings. The van der Waals surface area contributed by atoms with Crippen molar-refractivity contribution in [1.29, 1.82) is 0 Å². The monoisotopic (exact) mass is 310 g/mol. The second kappa shape index (κ2) is 5.96. The van der Waals surface area contributed by atoms with Crippen molar-refractivity contribution >= 4 is 35.2 Å². The van der Waals surface area contributed by atoms with Crippen LogP contribution in [0.1, 0.15) is 16.1 Å². The molecule has 10 nitrogen and oxygen atoms in total. The molecule has 2 aromatic rings. The summed E-state index contributed by atoms with van der Waals surface area (Å²) >= 11 is 5.86. The van der Waals surface area contributed by atoms with Gasteiger partial charge in [0.2, 0.25) is 11.5 Å². The van der Waals surface area contributed by atoms with Crippen LogP contribution in [0.15, 0.2) is 27.9 Å². The number of non-ortho nitro benzene ring substituents is 1. The maximum atomic E-state index is 11.6. The number of nitrogens with one attached hydrogen (secondary N) is 1. The number of carbonyl (C=O) groups excluding carboxylic acids is 1. The molecule has 11 heteroatoms. The van der Waals surface area contributed by atoms with Crippen molar-refractivity contribution in [3.8, 4) is 0 Å². The van der Waals surface area contributed by atoms with E-state index in [1.807, 2.05) is 0 Å². The lowest BCUT2D eigenvalue weighted by Gasteiger charge is -1.98. The minimum atomic E-state index is -0.744. The fourth-order valence-electron chi connectivity index (χ4n) is 1.31. The van der Waals surface area contributed by atoms with Gasteiger partial charge in [0.05, 0.1) is 11.1 Å². The van der Waals surface area contributed by atoms with Gasteiger partial charge in [-0.05, 0) is 16.4 Å². The number of anilines is 1. The summed E-state index contributed by atoms with van der Waals surface area (Å²) in [5, 5.41) is 21.0. The zero-order chi connectivity index (χ0) is 15.4. The van der Waals surface area contributed by atoms with Crippen LogP contribution < -0.4 is 11.2 Å². The first-order valence-corrected chi connectivity index (χ1v) is 5.72. The summed E-state index contributed by atoms with van der Waals surface area (Å²) in [6.07, 6.45) is 1.15. The maximum Gasteiger partial charge on any atom is 0.297 e. The quantitative estimate of drug-likeness (QED) is 0.485. The van der Waals surface area contributed by atoms with Gasteiger partial charge < -0.3 is 5.73 Å². The van der Waals surface area contributed by atoms with Crippen LogP contribution in [0.5, 0.6) is 0 Å². The van der Waals surface area contributed by atoms with Gasteiger partial charge in [0.15, 0.2) is 0 Å². The normalized spacial score (nSPS) is 10.7. The van der Waals surface area contributed by atoms with Crippen LogP contribution in [0, 0.1) is 10.1 Å². The van der Waals surface area contributed by atoms with E-state index in [-0.39, 0.29) is 27.8 Å². The number of halogens is 1. The summed E-state index contributed by atoms with van der Waals surface area (Å²) in [6.45, 7) is 0. The van der Waals surface area contributed by atoms with Crippen molar-refractivity contribution in [3.05, 3.63) is 44.6 Å². The van der Waals surface area contributed by atoms with E-state index in [1.54, 1.807) is 0 Å². The lowest BCUT2D eigenvalue weighted by Crippen LogP contribution is -2.19. The van der Waals surface area contributed by atoms with Gasteiger partial charge in [0, 0.05) is 22.7 Å². The molecule has 108 valence electrons. The molecule has 0 aliphatic carbocycles. The predicted octanol–water partition coefficient (Wildman–Crippen LogP) is 0.977. The number of nitrogens with two attached hydrogens (primary N) is 1. The molecule has 1 aromatic carbocycles. The van der Waals surface area contributed by atoms with Crippen LogP contribution in [0.4, 0.5) is 11.5 Å². The van der Waals surface area contributed by atoms with Crippen molar-refractivity contribution < 1.29 is 14.3 Å². The number of nitro groups is 1. The third-order valence-electron chi connectivity index (χ3n) is 2.29. The Hall–Kier alpha value is -3.01. The zero-order valence-electron chi connectivity index (χ0n) is 10.2. The lowest BCUT2D eigenvalue weighted by atomic mass is 10.2. The minimum Gasteiger partial charge on any atom is -0.379 e. The second-order valence-electron chi connectivity index (χ2n) is 3.66. The Balaban J connectivity index is 2.11. The van der Waals surface area contributed by atoms with Crippen molar-refractivity contribution in [3.63, 3.8) is 0 Å². The highest BCUT2D eigenvalue weighted by atomic mass is 35.5. The third-order valence-corrected chi connectivity index (χ3v) is 2.63. The first kappa shape index (κ1) is 14.4. The molecule has 0 saturated carbocycles. The molecule has 21 heavy (non-hydrogen) atoms. The van der Waals surface area contributed by atoms with Crippen molar-refractivity contribution in [2.75, 3.05) is 5.73 Å². The van der Waals surface area contributed by atoms with Gasteiger partial charge in [-0.1, -0.05) is 11.6 Å². The largest absolute Gasteiger partial charge is 0.379 e. The Labute approximate surface area is 121 Å². The molecular weight excluding hydrogens is 304 g/mol. The number of hydrogen-bond donors (Lipinski definition) is 2. The second-order valence-corrected chi connectivity index (χ2v) is 4.07. The number of nitrogens with zero attached hydrogens (tertiary/aromatic N) is 4. The van der Waals surface area contributed by atoms with Crippen molar-refractivity contribution in [2.45, 2.75) is 0 Å². The molecule has 3 N–H and O–H groups in total. The molecule has 1 heterocycles. The van der Waals surface area contributed by atoms with E-state index >= 15 is 0 Å².